The molecule has 0 aliphatic heterocycles. The van der Waals surface area contributed by atoms with Crippen LogP contribution in [0.4, 0.5) is 10.1 Å². The van der Waals surface area contributed by atoms with Gasteiger partial charge in [-0.15, -0.1) is 0 Å². The van der Waals surface area contributed by atoms with Crippen molar-refractivity contribution in [2.24, 2.45) is 5.84 Å². The van der Waals surface area contributed by atoms with Crippen LogP contribution in [0.5, 0.6) is 0 Å². The van der Waals surface area contributed by atoms with Crippen molar-refractivity contribution in [3.63, 3.8) is 0 Å². The highest BCUT2D eigenvalue weighted by molar-refractivity contribution is 9.10. The molecular weight excluding hydrogens is 297 g/mol. The van der Waals surface area contributed by atoms with Gasteiger partial charge < -0.3 is 5.43 Å². The van der Waals surface area contributed by atoms with Crippen molar-refractivity contribution in [2.45, 2.75) is 26.7 Å². The Morgan fingerprint density at radius 2 is 2.06 bits per heavy atom. The molecule has 1 aromatic heterocycles. The van der Waals surface area contributed by atoms with E-state index in [1.54, 1.807) is 12.1 Å². The summed E-state index contributed by atoms with van der Waals surface area (Å²) in [5, 5.41) is 0.425. The summed E-state index contributed by atoms with van der Waals surface area (Å²) in [6.45, 7) is 5.99. The van der Waals surface area contributed by atoms with Crippen LogP contribution < -0.4 is 11.3 Å². The van der Waals surface area contributed by atoms with Crippen molar-refractivity contribution in [3.8, 4) is 0 Å². The SMILES string of the molecule is Cc1cc(Br)c(F)c2c(NN)cc(C(C)C)nc12. The van der Waals surface area contributed by atoms with Crippen molar-refractivity contribution in [1.29, 1.82) is 0 Å². The lowest BCUT2D eigenvalue weighted by Gasteiger charge is -2.14. The monoisotopic (exact) mass is 311 g/mol. The van der Waals surface area contributed by atoms with Crippen LogP contribution >= 0.6 is 15.9 Å². The van der Waals surface area contributed by atoms with Gasteiger partial charge in [-0.05, 0) is 46.5 Å². The summed E-state index contributed by atoms with van der Waals surface area (Å²) in [6.07, 6.45) is 0. The summed E-state index contributed by atoms with van der Waals surface area (Å²) in [7, 11) is 0. The molecule has 2 rings (SSSR count). The summed E-state index contributed by atoms with van der Waals surface area (Å²) >= 11 is 3.21. The van der Waals surface area contributed by atoms with Gasteiger partial charge in [0.1, 0.15) is 5.82 Å². The Hall–Kier alpha value is -1.20. The molecule has 0 saturated heterocycles. The van der Waals surface area contributed by atoms with E-state index in [1.165, 1.54) is 0 Å². The maximum absolute atomic E-state index is 14.2. The number of rotatable bonds is 2. The Kier molecular flexibility index (Phi) is 3.54. The number of fused-ring (bicyclic) bond motifs is 1. The third-order valence-corrected chi connectivity index (χ3v) is 3.51. The summed E-state index contributed by atoms with van der Waals surface area (Å²) in [6, 6.07) is 3.52. The molecular formula is C13H15BrFN3. The molecule has 0 aliphatic carbocycles. The Bertz CT molecular complexity index is 611. The lowest BCUT2D eigenvalue weighted by molar-refractivity contribution is 0.632. The van der Waals surface area contributed by atoms with Crippen LogP contribution in [-0.2, 0) is 0 Å². The number of aromatic nitrogens is 1. The highest BCUT2D eigenvalue weighted by atomic mass is 79.9. The van der Waals surface area contributed by atoms with Crippen molar-refractivity contribution < 1.29 is 4.39 Å². The van der Waals surface area contributed by atoms with Gasteiger partial charge in [0.2, 0.25) is 0 Å². The lowest BCUT2D eigenvalue weighted by Crippen LogP contribution is -2.10. The van der Waals surface area contributed by atoms with E-state index in [0.717, 1.165) is 11.3 Å². The third kappa shape index (κ3) is 2.08. The molecule has 0 atom stereocenters. The van der Waals surface area contributed by atoms with Crippen LogP contribution in [0.1, 0.15) is 31.0 Å². The lowest BCUT2D eigenvalue weighted by atomic mass is 10.0. The predicted octanol–water partition coefficient (Wildman–Crippen LogP) is 3.85. The van der Waals surface area contributed by atoms with Crippen molar-refractivity contribution in [1.82, 2.24) is 4.98 Å². The number of hydrazine groups is 1. The van der Waals surface area contributed by atoms with E-state index >= 15 is 0 Å². The van der Waals surface area contributed by atoms with Gasteiger partial charge in [-0.25, -0.2) is 4.39 Å². The molecule has 0 amide bonds. The summed E-state index contributed by atoms with van der Waals surface area (Å²) in [5.41, 5.74) is 5.57. The first kappa shape index (κ1) is 13.2. The fourth-order valence-electron chi connectivity index (χ4n) is 1.92. The van der Waals surface area contributed by atoms with E-state index < -0.39 is 0 Å². The third-order valence-electron chi connectivity index (χ3n) is 2.93. The van der Waals surface area contributed by atoms with Crippen molar-refractivity contribution in [2.75, 3.05) is 5.43 Å². The van der Waals surface area contributed by atoms with E-state index in [0.29, 0.717) is 21.1 Å². The van der Waals surface area contributed by atoms with Gasteiger partial charge in [-0.1, -0.05) is 13.8 Å². The number of nitrogens with two attached hydrogens (primary N) is 1. The molecule has 0 spiro atoms. The molecule has 0 saturated carbocycles. The molecule has 3 nitrogen and oxygen atoms in total. The Morgan fingerprint density at radius 3 is 2.61 bits per heavy atom. The average Bonchev–Trinajstić information content (AvgIpc) is 2.34. The second-order valence-electron chi connectivity index (χ2n) is 4.61. The smallest absolute Gasteiger partial charge is 0.148 e. The number of anilines is 1. The molecule has 0 bridgehead atoms. The quantitative estimate of drug-likeness (QED) is 0.654. The van der Waals surface area contributed by atoms with Crippen LogP contribution in [0.3, 0.4) is 0 Å². The second-order valence-corrected chi connectivity index (χ2v) is 5.46. The topological polar surface area (TPSA) is 50.9 Å². The molecule has 1 heterocycles. The van der Waals surface area contributed by atoms with Gasteiger partial charge >= 0.3 is 0 Å². The molecule has 0 fully saturated rings. The normalized spacial score (nSPS) is 11.3. The Balaban J connectivity index is 2.91. The minimum absolute atomic E-state index is 0.257. The fraction of sp³-hybridized carbons (Fsp3) is 0.308. The van der Waals surface area contributed by atoms with Gasteiger partial charge in [0, 0.05) is 5.69 Å². The van der Waals surface area contributed by atoms with Gasteiger partial charge in [0.05, 0.1) is 21.1 Å². The van der Waals surface area contributed by atoms with Crippen LogP contribution in [-0.4, -0.2) is 4.98 Å². The van der Waals surface area contributed by atoms with Crippen molar-refractivity contribution in [3.05, 3.63) is 33.7 Å². The molecule has 2 aromatic rings. The molecule has 3 N–H and O–H groups in total. The minimum Gasteiger partial charge on any atom is -0.323 e. The molecule has 0 aliphatic rings. The molecule has 0 radical (unpaired) electrons. The number of benzene rings is 1. The Morgan fingerprint density at radius 1 is 1.39 bits per heavy atom. The summed E-state index contributed by atoms with van der Waals surface area (Å²) < 4.78 is 14.6. The second kappa shape index (κ2) is 4.82. The van der Waals surface area contributed by atoms with Crippen LogP contribution in [0.15, 0.2) is 16.6 Å². The molecule has 96 valence electrons. The van der Waals surface area contributed by atoms with Gasteiger partial charge in [0.25, 0.3) is 0 Å². The summed E-state index contributed by atoms with van der Waals surface area (Å²) in [5.74, 6) is 5.41. The summed E-state index contributed by atoms with van der Waals surface area (Å²) in [4.78, 5) is 4.53. The number of hydrogen-bond donors (Lipinski definition) is 2. The number of hydrogen-bond acceptors (Lipinski definition) is 3. The zero-order valence-corrected chi connectivity index (χ0v) is 12.1. The first-order chi connectivity index (χ1) is 8.45. The van der Waals surface area contributed by atoms with E-state index in [-0.39, 0.29) is 11.7 Å². The Labute approximate surface area is 114 Å². The van der Waals surface area contributed by atoms with E-state index in [4.69, 9.17) is 5.84 Å². The maximum atomic E-state index is 14.2. The number of pyridine rings is 1. The minimum atomic E-state index is -0.341. The maximum Gasteiger partial charge on any atom is 0.148 e. The highest BCUT2D eigenvalue weighted by Gasteiger charge is 2.15. The standard InChI is InChI=1S/C13H15BrFN3/c1-6(2)9-5-10(18-16)11-12(15)8(14)4-7(3)13(11)17-9/h4-6H,16H2,1-3H3,(H,17,18). The first-order valence-electron chi connectivity index (χ1n) is 5.71. The van der Waals surface area contributed by atoms with Crippen molar-refractivity contribution >= 4 is 32.5 Å². The molecule has 0 unspecified atom stereocenters. The fourth-order valence-corrected chi connectivity index (χ4v) is 2.46. The van der Waals surface area contributed by atoms with Crippen LogP contribution in [0.2, 0.25) is 0 Å². The molecule has 1 aromatic carbocycles. The largest absolute Gasteiger partial charge is 0.323 e. The first-order valence-corrected chi connectivity index (χ1v) is 6.50. The molecule has 18 heavy (non-hydrogen) atoms. The number of nitrogens with one attached hydrogen (secondary N) is 1. The van der Waals surface area contributed by atoms with Gasteiger partial charge in [-0.3, -0.25) is 10.8 Å². The van der Waals surface area contributed by atoms with E-state index in [9.17, 15) is 4.39 Å². The average molecular weight is 312 g/mol. The highest BCUT2D eigenvalue weighted by Crippen LogP contribution is 2.33. The zero-order valence-electron chi connectivity index (χ0n) is 10.5. The van der Waals surface area contributed by atoms with Gasteiger partial charge in [-0.2, -0.15) is 0 Å². The number of nitrogens with zero attached hydrogens (tertiary/aromatic N) is 1. The number of halogens is 2. The number of aryl methyl sites for hydroxylation is 1. The van der Waals surface area contributed by atoms with E-state index in [1.807, 2.05) is 20.8 Å². The molecule has 5 heteroatoms. The zero-order chi connectivity index (χ0) is 13.4. The predicted molar refractivity (Wildman–Crippen MR) is 76.0 cm³/mol. The number of nitrogen functional groups attached to an aromatic ring is 1. The van der Waals surface area contributed by atoms with E-state index in [2.05, 4.69) is 26.3 Å². The van der Waals surface area contributed by atoms with Crippen LogP contribution in [0.25, 0.3) is 10.9 Å². The van der Waals surface area contributed by atoms with Gasteiger partial charge in [0.15, 0.2) is 0 Å². The van der Waals surface area contributed by atoms with Crippen LogP contribution in [0, 0.1) is 12.7 Å².